The maximum absolute atomic E-state index is 9.76. The molecule has 5 heteroatoms. The summed E-state index contributed by atoms with van der Waals surface area (Å²) in [6, 6.07) is 0. The quantitative estimate of drug-likeness (QED) is 0.782. The Morgan fingerprint density at radius 1 is 1.32 bits per heavy atom. The van der Waals surface area contributed by atoms with Crippen molar-refractivity contribution in [3.05, 3.63) is 18.0 Å². The van der Waals surface area contributed by atoms with Gasteiger partial charge < -0.3 is 15.3 Å². The van der Waals surface area contributed by atoms with Gasteiger partial charge in [0.2, 0.25) is 5.95 Å². The molecule has 5 nitrogen and oxygen atoms in total. The van der Waals surface area contributed by atoms with Crippen molar-refractivity contribution in [2.24, 2.45) is 5.92 Å². The minimum atomic E-state index is -0.754. The molecule has 0 aliphatic heterocycles. The summed E-state index contributed by atoms with van der Waals surface area (Å²) < 4.78 is 0. The highest BCUT2D eigenvalue weighted by Gasteiger charge is 2.17. The summed E-state index contributed by atoms with van der Waals surface area (Å²) in [5.41, 5.74) is 0.316. The Morgan fingerprint density at radius 2 is 1.89 bits per heavy atom. The third kappa shape index (κ3) is 6.50. The topological polar surface area (TPSA) is 61.3 Å². The normalized spacial score (nSPS) is 11.9. The fraction of sp³-hybridized carbons (Fsp3) is 0.714. The number of nitrogens with one attached hydrogen (secondary N) is 1. The van der Waals surface area contributed by atoms with E-state index in [-0.39, 0.29) is 0 Å². The molecule has 2 N–H and O–H groups in total. The third-order valence-corrected chi connectivity index (χ3v) is 2.54. The van der Waals surface area contributed by atoms with Crippen LogP contribution in [0.25, 0.3) is 0 Å². The highest BCUT2D eigenvalue weighted by molar-refractivity contribution is 5.29. The lowest BCUT2D eigenvalue weighted by molar-refractivity contribution is 0.0883. The van der Waals surface area contributed by atoms with Crippen molar-refractivity contribution >= 4 is 5.95 Å². The molecule has 19 heavy (non-hydrogen) atoms. The van der Waals surface area contributed by atoms with Crippen molar-refractivity contribution in [1.82, 2.24) is 15.3 Å². The summed E-state index contributed by atoms with van der Waals surface area (Å²) in [6.45, 7) is 10.2. The molecule has 0 radical (unpaired) electrons. The zero-order chi connectivity index (χ0) is 14.5. The monoisotopic (exact) mass is 266 g/mol. The van der Waals surface area contributed by atoms with E-state index in [4.69, 9.17) is 0 Å². The Morgan fingerprint density at radius 3 is 2.37 bits per heavy atom. The maximum atomic E-state index is 9.76. The number of aromatic nitrogens is 2. The Bertz CT molecular complexity index is 370. The van der Waals surface area contributed by atoms with Crippen molar-refractivity contribution in [3.63, 3.8) is 0 Å². The third-order valence-electron chi connectivity index (χ3n) is 2.54. The van der Waals surface area contributed by atoms with E-state index in [9.17, 15) is 5.11 Å². The van der Waals surface area contributed by atoms with Gasteiger partial charge in [0.1, 0.15) is 0 Å². The van der Waals surface area contributed by atoms with Gasteiger partial charge in [-0.15, -0.1) is 0 Å². The molecule has 0 aliphatic rings. The van der Waals surface area contributed by atoms with E-state index in [1.54, 1.807) is 13.8 Å². The van der Waals surface area contributed by atoms with E-state index in [0.717, 1.165) is 18.7 Å². The molecule has 1 heterocycles. The molecule has 0 spiro atoms. The van der Waals surface area contributed by atoms with Crippen LogP contribution in [0, 0.1) is 5.92 Å². The number of likely N-dealkylation sites (N-methyl/N-ethyl adjacent to an activating group) is 1. The Kier molecular flexibility index (Phi) is 5.69. The standard InChI is InChI=1S/C14H26N4O/c1-11(2)6-15-7-12-8-16-13(17-9-12)18(5)10-14(3,4)19/h8-9,11,15,19H,6-7,10H2,1-5H3. The number of rotatable bonds is 7. The van der Waals surface area contributed by atoms with E-state index in [1.807, 2.05) is 24.3 Å². The largest absolute Gasteiger partial charge is 0.389 e. The fourth-order valence-electron chi connectivity index (χ4n) is 1.79. The van der Waals surface area contributed by atoms with E-state index in [1.165, 1.54) is 0 Å². The minimum Gasteiger partial charge on any atom is -0.389 e. The molecule has 1 rings (SSSR count). The van der Waals surface area contributed by atoms with Crippen molar-refractivity contribution in [2.75, 3.05) is 25.0 Å². The lowest BCUT2D eigenvalue weighted by atomic mass is 10.1. The molecule has 0 aromatic carbocycles. The van der Waals surface area contributed by atoms with E-state index in [2.05, 4.69) is 29.1 Å². The zero-order valence-corrected chi connectivity index (χ0v) is 12.6. The van der Waals surface area contributed by atoms with Gasteiger partial charge in [-0.05, 0) is 26.3 Å². The molecule has 0 aliphatic carbocycles. The van der Waals surface area contributed by atoms with Crippen LogP contribution in [0.4, 0.5) is 5.95 Å². The number of nitrogens with zero attached hydrogens (tertiary/aromatic N) is 3. The number of hydrogen-bond donors (Lipinski definition) is 2. The molecule has 1 aromatic rings. The summed E-state index contributed by atoms with van der Waals surface area (Å²) in [4.78, 5) is 10.5. The van der Waals surface area contributed by atoms with Gasteiger partial charge in [-0.2, -0.15) is 0 Å². The fourth-order valence-corrected chi connectivity index (χ4v) is 1.79. The van der Waals surface area contributed by atoms with Crippen LogP contribution in [0.2, 0.25) is 0 Å². The van der Waals surface area contributed by atoms with Gasteiger partial charge >= 0.3 is 0 Å². The number of anilines is 1. The zero-order valence-electron chi connectivity index (χ0n) is 12.6. The maximum Gasteiger partial charge on any atom is 0.225 e. The lowest BCUT2D eigenvalue weighted by Crippen LogP contribution is -2.37. The Labute approximate surface area is 116 Å². The molecule has 0 fully saturated rings. The highest BCUT2D eigenvalue weighted by atomic mass is 16.3. The van der Waals surface area contributed by atoms with Crippen LogP contribution < -0.4 is 10.2 Å². The van der Waals surface area contributed by atoms with Crippen LogP contribution in [0.5, 0.6) is 0 Å². The molecule has 108 valence electrons. The van der Waals surface area contributed by atoms with Crippen LogP contribution >= 0.6 is 0 Å². The average molecular weight is 266 g/mol. The van der Waals surface area contributed by atoms with Gasteiger partial charge in [0.15, 0.2) is 0 Å². The second-order valence-electron chi connectivity index (χ2n) is 6.08. The molecule has 0 atom stereocenters. The van der Waals surface area contributed by atoms with Crippen LogP contribution in [0.15, 0.2) is 12.4 Å². The average Bonchev–Trinajstić information content (AvgIpc) is 2.27. The molecule has 0 unspecified atom stereocenters. The molecule has 0 saturated carbocycles. The second-order valence-corrected chi connectivity index (χ2v) is 6.08. The van der Waals surface area contributed by atoms with Crippen molar-refractivity contribution in [3.8, 4) is 0 Å². The first-order valence-corrected chi connectivity index (χ1v) is 6.73. The van der Waals surface area contributed by atoms with Gasteiger partial charge in [0.25, 0.3) is 0 Å². The SMILES string of the molecule is CC(C)CNCc1cnc(N(C)CC(C)(C)O)nc1. The van der Waals surface area contributed by atoms with Crippen LogP contribution in [0.3, 0.4) is 0 Å². The summed E-state index contributed by atoms with van der Waals surface area (Å²) in [5, 5.41) is 13.1. The van der Waals surface area contributed by atoms with E-state index < -0.39 is 5.60 Å². The predicted molar refractivity (Wildman–Crippen MR) is 78.1 cm³/mol. The van der Waals surface area contributed by atoms with E-state index in [0.29, 0.717) is 18.4 Å². The summed E-state index contributed by atoms with van der Waals surface area (Å²) in [7, 11) is 1.88. The van der Waals surface area contributed by atoms with Gasteiger partial charge in [-0.3, -0.25) is 0 Å². The molecule has 0 saturated heterocycles. The van der Waals surface area contributed by atoms with Gasteiger partial charge in [-0.25, -0.2) is 9.97 Å². The van der Waals surface area contributed by atoms with Gasteiger partial charge in [0, 0.05) is 38.1 Å². The first kappa shape index (κ1) is 15.9. The minimum absolute atomic E-state index is 0.498. The van der Waals surface area contributed by atoms with Crippen molar-refractivity contribution in [2.45, 2.75) is 39.8 Å². The molecule has 0 amide bonds. The van der Waals surface area contributed by atoms with Crippen molar-refractivity contribution in [1.29, 1.82) is 0 Å². The highest BCUT2D eigenvalue weighted by Crippen LogP contribution is 2.10. The molecular weight excluding hydrogens is 240 g/mol. The molecular formula is C14H26N4O. The molecule has 0 bridgehead atoms. The van der Waals surface area contributed by atoms with Gasteiger partial charge in [0.05, 0.1) is 5.60 Å². The Hall–Kier alpha value is -1.20. The smallest absolute Gasteiger partial charge is 0.225 e. The predicted octanol–water partition coefficient (Wildman–Crippen LogP) is 1.43. The first-order valence-electron chi connectivity index (χ1n) is 6.73. The second kappa shape index (κ2) is 6.82. The Balaban J connectivity index is 2.51. The summed E-state index contributed by atoms with van der Waals surface area (Å²) >= 11 is 0. The summed E-state index contributed by atoms with van der Waals surface area (Å²) in [6.07, 6.45) is 3.66. The van der Waals surface area contributed by atoms with Crippen molar-refractivity contribution < 1.29 is 5.11 Å². The van der Waals surface area contributed by atoms with Crippen LogP contribution in [-0.4, -0.2) is 40.8 Å². The molecule has 1 aromatic heterocycles. The van der Waals surface area contributed by atoms with Gasteiger partial charge in [-0.1, -0.05) is 13.8 Å². The summed E-state index contributed by atoms with van der Waals surface area (Å²) in [5.74, 6) is 1.27. The lowest BCUT2D eigenvalue weighted by Gasteiger charge is -2.25. The van der Waals surface area contributed by atoms with Crippen LogP contribution in [-0.2, 0) is 6.54 Å². The number of aliphatic hydroxyl groups is 1. The van der Waals surface area contributed by atoms with Crippen LogP contribution in [0.1, 0.15) is 33.3 Å². The number of hydrogen-bond acceptors (Lipinski definition) is 5. The van der Waals surface area contributed by atoms with E-state index >= 15 is 0 Å². The first-order chi connectivity index (χ1) is 8.78.